The molecule has 2 N–H and O–H groups in total. The molecule has 3 heterocycles. The predicted molar refractivity (Wildman–Crippen MR) is 93.2 cm³/mol. The number of nitrogens with one attached hydrogen (secondary N) is 2. The van der Waals surface area contributed by atoms with Gasteiger partial charge in [0, 0.05) is 17.6 Å². The minimum absolute atomic E-state index is 0.0169. The van der Waals surface area contributed by atoms with Crippen LogP contribution >= 0.6 is 23.2 Å². The summed E-state index contributed by atoms with van der Waals surface area (Å²) >= 11 is 12.2. The van der Waals surface area contributed by atoms with E-state index in [4.69, 9.17) is 33.2 Å². The maximum absolute atomic E-state index is 14.0. The van der Waals surface area contributed by atoms with Gasteiger partial charge < -0.3 is 9.72 Å². The van der Waals surface area contributed by atoms with Crippen LogP contribution in [0.2, 0.25) is 10.0 Å². The number of nitriles is 1. The van der Waals surface area contributed by atoms with Crippen molar-refractivity contribution in [2.75, 3.05) is 0 Å². The number of aromatic amines is 2. The van der Waals surface area contributed by atoms with Gasteiger partial charge in [0.25, 0.3) is 5.56 Å². The molecule has 3 aromatic heterocycles. The number of nitrogens with zero attached hydrogens (tertiary/aromatic N) is 3. The van der Waals surface area contributed by atoms with Crippen LogP contribution in [0, 0.1) is 17.1 Å². The van der Waals surface area contributed by atoms with Gasteiger partial charge in [-0.1, -0.05) is 23.2 Å². The average Bonchev–Trinajstić information content (AvgIpc) is 3.07. The van der Waals surface area contributed by atoms with Crippen molar-refractivity contribution in [1.29, 1.82) is 5.26 Å². The Morgan fingerprint density at radius 1 is 1.27 bits per heavy atom. The van der Waals surface area contributed by atoms with Gasteiger partial charge >= 0.3 is 0 Å². The predicted octanol–water partition coefficient (Wildman–Crippen LogP) is 3.91. The van der Waals surface area contributed by atoms with Crippen LogP contribution in [-0.4, -0.2) is 20.2 Å². The van der Waals surface area contributed by atoms with E-state index in [0.29, 0.717) is 16.3 Å². The third-order valence-electron chi connectivity index (χ3n) is 3.74. The van der Waals surface area contributed by atoms with Gasteiger partial charge in [0.1, 0.15) is 28.0 Å². The Kier molecular flexibility index (Phi) is 3.76. The van der Waals surface area contributed by atoms with E-state index in [9.17, 15) is 9.18 Å². The van der Waals surface area contributed by atoms with E-state index in [2.05, 4.69) is 20.2 Å². The number of hydrogen-bond donors (Lipinski definition) is 2. The van der Waals surface area contributed by atoms with Crippen LogP contribution in [0.25, 0.3) is 21.8 Å². The molecule has 0 saturated carbocycles. The molecule has 128 valence electrons. The first kappa shape index (κ1) is 16.3. The summed E-state index contributed by atoms with van der Waals surface area (Å²) in [6, 6.07) is 4.44. The zero-order chi connectivity index (χ0) is 18.4. The first-order valence-electron chi connectivity index (χ1n) is 7.10. The highest BCUT2D eigenvalue weighted by molar-refractivity contribution is 6.36. The fourth-order valence-electron chi connectivity index (χ4n) is 2.53. The molecule has 0 amide bonds. The molecule has 0 saturated heterocycles. The second-order valence-electron chi connectivity index (χ2n) is 5.23. The van der Waals surface area contributed by atoms with E-state index in [-0.39, 0.29) is 32.8 Å². The van der Waals surface area contributed by atoms with E-state index in [1.165, 1.54) is 24.5 Å². The Labute approximate surface area is 153 Å². The van der Waals surface area contributed by atoms with E-state index in [0.717, 1.165) is 0 Å². The van der Waals surface area contributed by atoms with Crippen molar-refractivity contribution < 1.29 is 9.13 Å². The maximum atomic E-state index is 14.0. The largest absolute Gasteiger partial charge is 0.435 e. The first-order valence-corrected chi connectivity index (χ1v) is 7.86. The van der Waals surface area contributed by atoms with Gasteiger partial charge in [0.2, 0.25) is 5.88 Å². The number of pyridine rings is 2. The van der Waals surface area contributed by atoms with Crippen LogP contribution < -0.4 is 10.3 Å². The molecule has 0 aliphatic rings. The molecule has 7 nitrogen and oxygen atoms in total. The summed E-state index contributed by atoms with van der Waals surface area (Å²) in [5, 5.41) is 16.0. The highest BCUT2D eigenvalue weighted by atomic mass is 35.5. The fourth-order valence-corrected chi connectivity index (χ4v) is 3.01. The lowest BCUT2D eigenvalue weighted by Crippen LogP contribution is -2.11. The minimum Gasteiger partial charge on any atom is -0.435 e. The smallest absolute Gasteiger partial charge is 0.268 e. The lowest BCUT2D eigenvalue weighted by atomic mass is 10.2. The molecule has 0 bridgehead atoms. The molecule has 0 aliphatic heterocycles. The molecule has 0 unspecified atom stereocenters. The Morgan fingerprint density at radius 3 is 2.85 bits per heavy atom. The van der Waals surface area contributed by atoms with Gasteiger partial charge in [0.05, 0.1) is 22.1 Å². The third kappa shape index (κ3) is 2.37. The Balaban J connectivity index is 1.98. The zero-order valence-electron chi connectivity index (χ0n) is 12.6. The Hall–Kier alpha value is -3.15. The monoisotopic (exact) mass is 389 g/mol. The minimum atomic E-state index is -0.711. The maximum Gasteiger partial charge on any atom is 0.268 e. The molecule has 0 radical (unpaired) electrons. The molecule has 10 heteroatoms. The van der Waals surface area contributed by atoms with E-state index in [1.807, 2.05) is 0 Å². The van der Waals surface area contributed by atoms with Crippen molar-refractivity contribution in [1.82, 2.24) is 20.2 Å². The number of halogens is 3. The number of H-pyrrole nitrogens is 2. The summed E-state index contributed by atoms with van der Waals surface area (Å²) in [5.41, 5.74) is -0.391. The van der Waals surface area contributed by atoms with Crippen LogP contribution in [0.3, 0.4) is 0 Å². The zero-order valence-corrected chi connectivity index (χ0v) is 14.1. The molecular weight excluding hydrogens is 384 g/mol. The fraction of sp³-hybridized carbons (Fsp3) is 0. The van der Waals surface area contributed by atoms with Crippen LogP contribution in [0.4, 0.5) is 4.39 Å². The average molecular weight is 390 g/mol. The van der Waals surface area contributed by atoms with E-state index < -0.39 is 11.4 Å². The molecule has 0 aliphatic carbocycles. The Bertz CT molecular complexity index is 1290. The quantitative estimate of drug-likeness (QED) is 0.540. The molecule has 0 fully saturated rings. The van der Waals surface area contributed by atoms with Gasteiger partial charge in [-0.25, -0.2) is 9.37 Å². The summed E-state index contributed by atoms with van der Waals surface area (Å²) in [6.07, 6.45) is 2.80. The van der Waals surface area contributed by atoms with E-state index >= 15 is 0 Å². The topological polar surface area (TPSA) is 107 Å². The lowest BCUT2D eigenvalue weighted by Gasteiger charge is -2.11. The van der Waals surface area contributed by atoms with Crippen LogP contribution in [0.1, 0.15) is 5.56 Å². The number of rotatable bonds is 2. The molecule has 0 spiro atoms. The van der Waals surface area contributed by atoms with Crippen molar-refractivity contribution in [2.24, 2.45) is 0 Å². The standard InChI is InChI=1S/C16H6Cl2FN5O2/c17-11-6-1-2-21-16(13(6)23-15(25)7(11)4-20)26-14-8-5-22-24-10(8)3-9(19)12(14)18/h1-3,5H,(H,22,24)(H,23,25). The Morgan fingerprint density at radius 2 is 2.08 bits per heavy atom. The highest BCUT2D eigenvalue weighted by Crippen LogP contribution is 2.39. The second-order valence-corrected chi connectivity index (χ2v) is 5.98. The molecule has 4 rings (SSSR count). The van der Waals surface area contributed by atoms with Crippen molar-refractivity contribution in [3.05, 3.63) is 56.3 Å². The molecule has 26 heavy (non-hydrogen) atoms. The summed E-state index contributed by atoms with van der Waals surface area (Å²) in [4.78, 5) is 18.6. The molecular formula is C16H6Cl2FN5O2. The lowest BCUT2D eigenvalue weighted by molar-refractivity contribution is 0.469. The van der Waals surface area contributed by atoms with Crippen molar-refractivity contribution in [3.63, 3.8) is 0 Å². The van der Waals surface area contributed by atoms with Crippen LogP contribution in [0.15, 0.2) is 29.3 Å². The molecule has 0 atom stereocenters. The van der Waals surface area contributed by atoms with Crippen molar-refractivity contribution >= 4 is 45.0 Å². The first-order chi connectivity index (χ1) is 12.5. The number of fused-ring (bicyclic) bond motifs is 2. The summed E-state index contributed by atoms with van der Waals surface area (Å²) < 4.78 is 19.7. The SMILES string of the molecule is N#Cc1c(Cl)c2ccnc(Oc3c(Cl)c(F)cc4[nH]ncc34)c2[nH]c1=O. The van der Waals surface area contributed by atoms with Crippen molar-refractivity contribution in [2.45, 2.75) is 0 Å². The summed E-state index contributed by atoms with van der Waals surface area (Å²) in [6.45, 7) is 0. The highest BCUT2D eigenvalue weighted by Gasteiger charge is 2.19. The van der Waals surface area contributed by atoms with Gasteiger partial charge in [-0.2, -0.15) is 10.4 Å². The number of hydrogen-bond acceptors (Lipinski definition) is 5. The molecule has 4 aromatic rings. The van der Waals surface area contributed by atoms with Crippen LogP contribution in [0.5, 0.6) is 11.6 Å². The van der Waals surface area contributed by atoms with Crippen molar-refractivity contribution in [3.8, 4) is 17.7 Å². The van der Waals surface area contributed by atoms with Crippen LogP contribution in [-0.2, 0) is 0 Å². The van der Waals surface area contributed by atoms with Gasteiger partial charge in [-0.05, 0) is 6.07 Å². The number of benzene rings is 1. The normalized spacial score (nSPS) is 11.0. The van der Waals surface area contributed by atoms with Gasteiger partial charge in [-0.3, -0.25) is 9.89 Å². The van der Waals surface area contributed by atoms with Gasteiger partial charge in [0.15, 0.2) is 5.75 Å². The van der Waals surface area contributed by atoms with E-state index in [1.54, 1.807) is 6.07 Å². The third-order valence-corrected chi connectivity index (χ3v) is 4.49. The second kappa shape index (κ2) is 5.98. The molecule has 1 aromatic carbocycles. The number of aromatic nitrogens is 4. The summed E-state index contributed by atoms with van der Waals surface area (Å²) in [5.74, 6) is -0.783. The summed E-state index contributed by atoms with van der Waals surface area (Å²) in [7, 11) is 0. The van der Waals surface area contributed by atoms with Gasteiger partial charge in [-0.15, -0.1) is 0 Å². The number of ether oxygens (including phenoxy) is 1.